The van der Waals surface area contributed by atoms with Crippen LogP contribution in [0.4, 0.5) is 0 Å². The molecule has 1 N–H and O–H groups in total. The molecule has 3 heteroatoms. The van der Waals surface area contributed by atoms with Gasteiger partial charge in [-0.25, -0.2) is 0 Å². The lowest BCUT2D eigenvalue weighted by molar-refractivity contribution is 0.884. The number of hydrogen-bond donors (Lipinski definition) is 1. The molecule has 0 aromatic carbocycles. The van der Waals surface area contributed by atoms with Crippen molar-refractivity contribution < 1.29 is 0 Å². The van der Waals surface area contributed by atoms with Gasteiger partial charge in [-0.3, -0.25) is 0 Å². The third kappa shape index (κ3) is 1.05. The summed E-state index contributed by atoms with van der Waals surface area (Å²) >= 11 is 0. The molecule has 1 radical (unpaired) electrons. The average molecular weight is 110 g/mol. The van der Waals surface area contributed by atoms with Crippen molar-refractivity contribution in [1.82, 2.24) is 15.2 Å². The largest absolute Gasteiger partial charge is 0.332 e. The van der Waals surface area contributed by atoms with E-state index >= 15 is 0 Å². The second kappa shape index (κ2) is 2.45. The van der Waals surface area contributed by atoms with Gasteiger partial charge in [-0.05, 0) is 6.42 Å². The molecule has 1 aromatic heterocycles. The summed E-state index contributed by atoms with van der Waals surface area (Å²) in [5.41, 5.74) is 0. The second-order valence-electron chi connectivity index (χ2n) is 1.54. The number of H-pyrrole nitrogens is 1. The Morgan fingerprint density at radius 2 is 2.62 bits per heavy atom. The summed E-state index contributed by atoms with van der Waals surface area (Å²) in [6.45, 7) is 3.67. The number of nitrogens with one attached hydrogen (secondary N) is 1. The smallest absolute Gasteiger partial charge is 0.130 e. The summed E-state index contributed by atoms with van der Waals surface area (Å²) in [5, 5.41) is 7.37. The van der Waals surface area contributed by atoms with E-state index in [1.165, 1.54) is 0 Å². The Kier molecular flexibility index (Phi) is 1.62. The van der Waals surface area contributed by atoms with Gasteiger partial charge in [-0.2, -0.15) is 0 Å². The zero-order valence-electron chi connectivity index (χ0n) is 4.59. The van der Waals surface area contributed by atoms with E-state index in [0.717, 1.165) is 18.7 Å². The highest BCUT2D eigenvalue weighted by molar-refractivity contribution is 4.79. The molecular formula is C5H8N3. The molecule has 0 unspecified atom stereocenters. The molecule has 0 aliphatic rings. The van der Waals surface area contributed by atoms with Gasteiger partial charge in [0.1, 0.15) is 12.2 Å². The van der Waals surface area contributed by atoms with Crippen LogP contribution in [0.1, 0.15) is 12.2 Å². The van der Waals surface area contributed by atoms with Gasteiger partial charge in [0.15, 0.2) is 0 Å². The maximum Gasteiger partial charge on any atom is 0.130 e. The van der Waals surface area contributed by atoms with Crippen molar-refractivity contribution in [2.24, 2.45) is 0 Å². The molecule has 0 saturated heterocycles. The third-order valence-corrected chi connectivity index (χ3v) is 0.881. The highest BCUT2D eigenvalue weighted by Gasteiger charge is 1.89. The van der Waals surface area contributed by atoms with Gasteiger partial charge in [0.05, 0.1) is 0 Å². The second-order valence-corrected chi connectivity index (χ2v) is 1.54. The number of nitrogens with zero attached hydrogens (tertiary/aromatic N) is 2. The zero-order chi connectivity index (χ0) is 5.82. The summed E-state index contributed by atoms with van der Waals surface area (Å²) in [7, 11) is 0. The van der Waals surface area contributed by atoms with E-state index in [0.29, 0.717) is 0 Å². The van der Waals surface area contributed by atoms with Crippen LogP contribution in [0.3, 0.4) is 0 Å². The van der Waals surface area contributed by atoms with Crippen molar-refractivity contribution in [3.05, 3.63) is 19.1 Å². The first kappa shape index (κ1) is 5.28. The molecular weight excluding hydrogens is 102 g/mol. The summed E-state index contributed by atoms with van der Waals surface area (Å²) in [5.74, 6) is 0.917. The van der Waals surface area contributed by atoms with E-state index in [-0.39, 0.29) is 0 Å². The van der Waals surface area contributed by atoms with Crippen molar-refractivity contribution in [2.45, 2.75) is 12.8 Å². The standard InChI is InChI=1S/C5H8N3/c1-2-3-5-6-4-7-8-5/h4H,1-3H2,(H,6,7,8). The average Bonchev–Trinajstić information content (AvgIpc) is 2.19. The SMILES string of the molecule is [CH2]CCc1nnc[nH]1. The molecule has 0 amide bonds. The molecule has 0 saturated carbocycles. The molecule has 0 aliphatic carbocycles. The van der Waals surface area contributed by atoms with Crippen LogP contribution in [-0.2, 0) is 6.42 Å². The first-order valence-electron chi connectivity index (χ1n) is 2.57. The van der Waals surface area contributed by atoms with Crippen molar-refractivity contribution in [3.63, 3.8) is 0 Å². The Hall–Kier alpha value is -0.860. The number of aromatic amines is 1. The molecule has 0 aliphatic heterocycles. The van der Waals surface area contributed by atoms with Crippen LogP contribution < -0.4 is 0 Å². The molecule has 1 heterocycles. The molecule has 0 spiro atoms. The quantitative estimate of drug-likeness (QED) is 0.604. The topological polar surface area (TPSA) is 41.6 Å². The first-order valence-corrected chi connectivity index (χ1v) is 2.57. The van der Waals surface area contributed by atoms with Gasteiger partial charge < -0.3 is 4.98 Å². The molecule has 1 rings (SSSR count). The fourth-order valence-electron chi connectivity index (χ4n) is 0.520. The minimum Gasteiger partial charge on any atom is -0.332 e. The van der Waals surface area contributed by atoms with Crippen molar-refractivity contribution in [3.8, 4) is 0 Å². The summed E-state index contributed by atoms with van der Waals surface area (Å²) in [6, 6.07) is 0. The van der Waals surface area contributed by atoms with Crippen LogP contribution in [-0.4, -0.2) is 15.2 Å². The minimum absolute atomic E-state index is 0.870. The number of hydrogen-bond acceptors (Lipinski definition) is 2. The van der Waals surface area contributed by atoms with E-state index in [4.69, 9.17) is 0 Å². The van der Waals surface area contributed by atoms with Gasteiger partial charge in [-0.15, -0.1) is 10.2 Å². The van der Waals surface area contributed by atoms with Crippen molar-refractivity contribution in [2.75, 3.05) is 0 Å². The summed E-state index contributed by atoms with van der Waals surface area (Å²) in [6.07, 6.45) is 3.33. The Labute approximate surface area is 48.1 Å². The van der Waals surface area contributed by atoms with E-state index in [1.54, 1.807) is 6.33 Å². The molecule has 3 nitrogen and oxygen atoms in total. The van der Waals surface area contributed by atoms with Crippen LogP contribution in [0, 0.1) is 6.92 Å². The maximum absolute atomic E-state index is 3.76. The fourth-order valence-corrected chi connectivity index (χ4v) is 0.520. The highest BCUT2D eigenvalue weighted by Crippen LogP contribution is 1.89. The van der Waals surface area contributed by atoms with E-state index in [9.17, 15) is 0 Å². The summed E-state index contributed by atoms with van der Waals surface area (Å²) < 4.78 is 0. The lowest BCUT2D eigenvalue weighted by Crippen LogP contribution is -1.84. The molecule has 0 fully saturated rings. The van der Waals surface area contributed by atoms with Gasteiger partial charge in [0.25, 0.3) is 0 Å². The Balaban J connectivity index is 2.50. The van der Waals surface area contributed by atoms with E-state index in [2.05, 4.69) is 22.1 Å². The molecule has 0 atom stereocenters. The highest BCUT2D eigenvalue weighted by atomic mass is 15.2. The van der Waals surface area contributed by atoms with Crippen LogP contribution in [0.25, 0.3) is 0 Å². The monoisotopic (exact) mass is 110 g/mol. The fraction of sp³-hybridized carbons (Fsp3) is 0.400. The summed E-state index contributed by atoms with van der Waals surface area (Å²) in [4.78, 5) is 2.88. The first-order chi connectivity index (χ1) is 3.93. The van der Waals surface area contributed by atoms with Crippen LogP contribution in [0.5, 0.6) is 0 Å². The van der Waals surface area contributed by atoms with Gasteiger partial charge in [0.2, 0.25) is 0 Å². The Morgan fingerprint density at radius 1 is 1.75 bits per heavy atom. The number of aryl methyl sites for hydroxylation is 1. The van der Waals surface area contributed by atoms with E-state index in [1.807, 2.05) is 0 Å². The van der Waals surface area contributed by atoms with E-state index < -0.39 is 0 Å². The zero-order valence-corrected chi connectivity index (χ0v) is 4.59. The van der Waals surface area contributed by atoms with Gasteiger partial charge in [-0.1, -0.05) is 6.92 Å². The Bertz CT molecular complexity index is 133. The minimum atomic E-state index is 0.870. The molecule has 1 aromatic rings. The third-order valence-electron chi connectivity index (χ3n) is 0.881. The lowest BCUT2D eigenvalue weighted by Gasteiger charge is -1.83. The predicted octanol–water partition coefficient (Wildman–Crippen LogP) is 0.571. The Morgan fingerprint density at radius 3 is 3.12 bits per heavy atom. The van der Waals surface area contributed by atoms with Crippen LogP contribution in [0.2, 0.25) is 0 Å². The molecule has 0 bridgehead atoms. The predicted molar refractivity (Wildman–Crippen MR) is 30.1 cm³/mol. The lowest BCUT2D eigenvalue weighted by atomic mass is 10.3. The van der Waals surface area contributed by atoms with Gasteiger partial charge >= 0.3 is 0 Å². The number of aromatic nitrogens is 3. The van der Waals surface area contributed by atoms with Crippen molar-refractivity contribution in [1.29, 1.82) is 0 Å². The maximum atomic E-state index is 3.76. The van der Waals surface area contributed by atoms with Crippen LogP contribution in [0.15, 0.2) is 6.33 Å². The van der Waals surface area contributed by atoms with Gasteiger partial charge in [0, 0.05) is 6.42 Å². The molecule has 8 heavy (non-hydrogen) atoms. The number of rotatable bonds is 2. The van der Waals surface area contributed by atoms with Crippen molar-refractivity contribution >= 4 is 0 Å². The normalized spacial score (nSPS) is 9.62. The molecule has 43 valence electrons. The van der Waals surface area contributed by atoms with Crippen LogP contribution >= 0.6 is 0 Å².